The van der Waals surface area contributed by atoms with Crippen LogP contribution in [0.15, 0.2) is 40.9 Å². The lowest BCUT2D eigenvalue weighted by Gasteiger charge is -2.10. The number of halogens is 3. The maximum Gasteiger partial charge on any atom is 0.339 e. The van der Waals surface area contributed by atoms with Crippen molar-refractivity contribution < 1.29 is 14.7 Å². The van der Waals surface area contributed by atoms with E-state index in [1.807, 2.05) is 0 Å². The van der Waals surface area contributed by atoms with E-state index in [-0.39, 0.29) is 16.3 Å². The normalized spacial score (nSPS) is 10.2. The van der Waals surface area contributed by atoms with Crippen LogP contribution in [0.3, 0.4) is 0 Å². The first-order valence-electron chi connectivity index (χ1n) is 5.67. The molecule has 0 aliphatic heterocycles. The average molecular weight is 389 g/mol. The zero-order chi connectivity index (χ0) is 15.6. The summed E-state index contributed by atoms with van der Waals surface area (Å²) >= 11 is 15.0. The Hall–Kier alpha value is -1.56. The van der Waals surface area contributed by atoms with Gasteiger partial charge in [0.25, 0.3) is 5.91 Å². The van der Waals surface area contributed by atoms with Crippen LogP contribution < -0.4 is 5.32 Å². The summed E-state index contributed by atoms with van der Waals surface area (Å²) in [5.74, 6) is -1.70. The topological polar surface area (TPSA) is 66.4 Å². The van der Waals surface area contributed by atoms with Crippen molar-refractivity contribution in [1.29, 1.82) is 0 Å². The van der Waals surface area contributed by atoms with E-state index in [9.17, 15) is 9.59 Å². The molecule has 2 aromatic carbocycles. The lowest BCUT2D eigenvalue weighted by Crippen LogP contribution is -2.15. The molecule has 0 spiro atoms. The van der Waals surface area contributed by atoms with Crippen molar-refractivity contribution >= 4 is 56.7 Å². The maximum absolute atomic E-state index is 12.2. The van der Waals surface area contributed by atoms with E-state index in [0.29, 0.717) is 15.1 Å². The molecular formula is C14H8BrCl2NO3. The number of rotatable bonds is 3. The first-order chi connectivity index (χ1) is 9.88. The molecule has 0 aliphatic carbocycles. The fourth-order valence-corrected chi connectivity index (χ4v) is 2.84. The summed E-state index contributed by atoms with van der Waals surface area (Å²) in [5, 5.41) is 12.1. The maximum atomic E-state index is 12.2. The van der Waals surface area contributed by atoms with Crippen LogP contribution in [0.4, 0.5) is 5.69 Å². The standard InChI is InChI=1S/C14H8BrCl2NO3/c15-8-4-7(5-9(16)6-8)13(19)18-11-3-1-2-10(17)12(11)14(20)21/h1-6H,(H,18,19)(H,20,21). The van der Waals surface area contributed by atoms with Crippen molar-refractivity contribution in [2.24, 2.45) is 0 Å². The van der Waals surface area contributed by atoms with Crippen molar-refractivity contribution in [1.82, 2.24) is 0 Å². The van der Waals surface area contributed by atoms with Gasteiger partial charge >= 0.3 is 5.97 Å². The van der Waals surface area contributed by atoms with Gasteiger partial charge in [0.05, 0.1) is 10.7 Å². The zero-order valence-electron chi connectivity index (χ0n) is 10.4. The van der Waals surface area contributed by atoms with Crippen molar-refractivity contribution in [2.75, 3.05) is 5.32 Å². The molecule has 2 aromatic rings. The first kappa shape index (κ1) is 15.8. The largest absolute Gasteiger partial charge is 0.478 e. The smallest absolute Gasteiger partial charge is 0.339 e. The molecule has 0 unspecified atom stereocenters. The van der Waals surface area contributed by atoms with Gasteiger partial charge < -0.3 is 10.4 Å². The van der Waals surface area contributed by atoms with Crippen molar-refractivity contribution in [2.45, 2.75) is 0 Å². The Morgan fingerprint density at radius 2 is 1.86 bits per heavy atom. The molecule has 0 aliphatic rings. The van der Waals surface area contributed by atoms with Gasteiger partial charge in [0, 0.05) is 15.1 Å². The van der Waals surface area contributed by atoms with Crippen LogP contribution in [-0.4, -0.2) is 17.0 Å². The van der Waals surface area contributed by atoms with Gasteiger partial charge in [0.15, 0.2) is 0 Å². The number of anilines is 1. The van der Waals surface area contributed by atoms with Gasteiger partial charge in [0.1, 0.15) is 5.56 Å². The third-order valence-corrected chi connectivity index (χ3v) is 3.59. The number of benzene rings is 2. The average Bonchev–Trinajstić information content (AvgIpc) is 2.37. The summed E-state index contributed by atoms with van der Waals surface area (Å²) in [6.45, 7) is 0. The molecule has 0 saturated carbocycles. The molecule has 2 N–H and O–H groups in total. The van der Waals surface area contributed by atoms with Gasteiger partial charge in [-0.1, -0.05) is 45.2 Å². The number of carboxylic acid groups (broad SMARTS) is 1. The lowest BCUT2D eigenvalue weighted by atomic mass is 10.1. The minimum Gasteiger partial charge on any atom is -0.478 e. The summed E-state index contributed by atoms with van der Waals surface area (Å²) in [6, 6.07) is 9.15. The van der Waals surface area contributed by atoms with E-state index >= 15 is 0 Å². The van der Waals surface area contributed by atoms with E-state index in [1.165, 1.54) is 18.2 Å². The molecule has 0 heterocycles. The highest BCUT2D eigenvalue weighted by Gasteiger charge is 2.17. The van der Waals surface area contributed by atoms with E-state index in [4.69, 9.17) is 28.3 Å². The first-order valence-corrected chi connectivity index (χ1v) is 7.22. The molecule has 0 aromatic heterocycles. The fraction of sp³-hybridized carbons (Fsp3) is 0. The summed E-state index contributed by atoms with van der Waals surface area (Å²) < 4.78 is 0.643. The highest BCUT2D eigenvalue weighted by molar-refractivity contribution is 9.10. The van der Waals surface area contributed by atoms with Gasteiger partial charge in [-0.15, -0.1) is 0 Å². The van der Waals surface area contributed by atoms with E-state index in [1.54, 1.807) is 18.2 Å². The predicted octanol–water partition coefficient (Wildman–Crippen LogP) is 4.71. The van der Waals surface area contributed by atoms with E-state index in [0.717, 1.165) is 0 Å². The zero-order valence-corrected chi connectivity index (χ0v) is 13.5. The van der Waals surface area contributed by atoms with Crippen LogP contribution in [0.5, 0.6) is 0 Å². The summed E-state index contributed by atoms with van der Waals surface area (Å²) in [7, 11) is 0. The highest BCUT2D eigenvalue weighted by atomic mass is 79.9. The number of carboxylic acids is 1. The third kappa shape index (κ3) is 3.75. The van der Waals surface area contributed by atoms with Crippen LogP contribution in [0, 0.1) is 0 Å². The second kappa shape index (κ2) is 6.47. The Kier molecular flexibility index (Phi) is 4.88. The molecule has 2 rings (SSSR count). The number of amides is 1. The number of carbonyl (C=O) groups is 2. The Morgan fingerprint density at radius 1 is 1.14 bits per heavy atom. The number of hydrogen-bond donors (Lipinski definition) is 2. The van der Waals surface area contributed by atoms with Gasteiger partial charge in [-0.2, -0.15) is 0 Å². The Labute approximate surface area is 138 Å². The molecule has 108 valence electrons. The molecule has 0 radical (unpaired) electrons. The number of hydrogen-bond acceptors (Lipinski definition) is 2. The quantitative estimate of drug-likeness (QED) is 0.800. The lowest BCUT2D eigenvalue weighted by molar-refractivity contribution is 0.0698. The fourth-order valence-electron chi connectivity index (χ4n) is 1.73. The highest BCUT2D eigenvalue weighted by Crippen LogP contribution is 2.26. The van der Waals surface area contributed by atoms with Gasteiger partial charge in [-0.3, -0.25) is 4.79 Å². The molecule has 0 bridgehead atoms. The Balaban J connectivity index is 2.36. The van der Waals surface area contributed by atoms with Gasteiger partial charge in [-0.05, 0) is 30.3 Å². The van der Waals surface area contributed by atoms with Crippen LogP contribution in [0.1, 0.15) is 20.7 Å². The monoisotopic (exact) mass is 387 g/mol. The summed E-state index contributed by atoms with van der Waals surface area (Å²) in [6.07, 6.45) is 0. The molecule has 21 heavy (non-hydrogen) atoms. The Morgan fingerprint density at radius 3 is 2.48 bits per heavy atom. The van der Waals surface area contributed by atoms with Crippen LogP contribution >= 0.6 is 39.1 Å². The van der Waals surface area contributed by atoms with Gasteiger partial charge in [0.2, 0.25) is 0 Å². The third-order valence-electron chi connectivity index (χ3n) is 2.60. The summed E-state index contributed by atoms with van der Waals surface area (Å²) in [4.78, 5) is 23.4. The second-order valence-corrected chi connectivity index (χ2v) is 5.84. The summed E-state index contributed by atoms with van der Waals surface area (Å²) in [5.41, 5.74) is 0.260. The minimum absolute atomic E-state index is 0.0487. The van der Waals surface area contributed by atoms with E-state index in [2.05, 4.69) is 21.2 Å². The SMILES string of the molecule is O=C(Nc1cccc(Cl)c1C(=O)O)c1cc(Cl)cc(Br)c1. The van der Waals surface area contributed by atoms with Crippen LogP contribution in [0.2, 0.25) is 10.0 Å². The predicted molar refractivity (Wildman–Crippen MR) is 85.5 cm³/mol. The van der Waals surface area contributed by atoms with E-state index < -0.39 is 11.9 Å². The van der Waals surface area contributed by atoms with Gasteiger partial charge in [-0.25, -0.2) is 4.79 Å². The molecule has 4 nitrogen and oxygen atoms in total. The van der Waals surface area contributed by atoms with Crippen molar-refractivity contribution in [3.8, 4) is 0 Å². The molecular weight excluding hydrogens is 381 g/mol. The van der Waals surface area contributed by atoms with Crippen LogP contribution in [-0.2, 0) is 0 Å². The molecule has 1 amide bonds. The van der Waals surface area contributed by atoms with Crippen molar-refractivity contribution in [3.63, 3.8) is 0 Å². The molecule has 0 saturated heterocycles. The second-order valence-electron chi connectivity index (χ2n) is 4.08. The molecule has 0 fully saturated rings. The number of nitrogens with one attached hydrogen (secondary N) is 1. The van der Waals surface area contributed by atoms with Crippen LogP contribution in [0.25, 0.3) is 0 Å². The van der Waals surface area contributed by atoms with Crippen molar-refractivity contribution in [3.05, 3.63) is 62.0 Å². The molecule has 7 heteroatoms. The number of aromatic carboxylic acids is 1. The minimum atomic E-state index is -1.22. The molecule has 0 atom stereocenters. The Bertz CT molecular complexity index is 714. The number of carbonyl (C=O) groups excluding carboxylic acids is 1.